The monoisotopic (exact) mass is 422 g/mol. The average molecular weight is 423 g/mol. The van der Waals surface area contributed by atoms with Crippen molar-refractivity contribution in [3.05, 3.63) is 65.7 Å². The SMILES string of the molecule is CC(=O)N(CC[C@]1(Cc2ccccc2)CCOC(C)(C)C1)Cc1ccc(N(C)C)cc1. The van der Waals surface area contributed by atoms with Crippen LogP contribution in [-0.4, -0.2) is 43.7 Å². The van der Waals surface area contributed by atoms with E-state index in [0.717, 1.165) is 38.8 Å². The quantitative estimate of drug-likeness (QED) is 0.578. The van der Waals surface area contributed by atoms with Gasteiger partial charge in [-0.25, -0.2) is 0 Å². The largest absolute Gasteiger partial charge is 0.378 e. The van der Waals surface area contributed by atoms with Crippen molar-refractivity contribution >= 4 is 11.6 Å². The number of rotatable bonds is 8. The lowest BCUT2D eigenvalue weighted by Crippen LogP contribution is -2.44. The van der Waals surface area contributed by atoms with Crippen LogP contribution in [0.5, 0.6) is 0 Å². The Morgan fingerprint density at radius 3 is 2.26 bits per heavy atom. The van der Waals surface area contributed by atoms with Crippen LogP contribution < -0.4 is 4.90 Å². The summed E-state index contributed by atoms with van der Waals surface area (Å²) >= 11 is 0. The minimum absolute atomic E-state index is 0.129. The van der Waals surface area contributed by atoms with Crippen LogP contribution in [0.4, 0.5) is 5.69 Å². The Labute approximate surface area is 188 Å². The maximum Gasteiger partial charge on any atom is 0.219 e. The second-order valence-electron chi connectivity index (χ2n) is 9.95. The summed E-state index contributed by atoms with van der Waals surface area (Å²) in [4.78, 5) is 16.6. The van der Waals surface area contributed by atoms with Crippen molar-refractivity contribution in [2.75, 3.05) is 32.1 Å². The molecule has 1 aliphatic rings. The van der Waals surface area contributed by atoms with E-state index in [4.69, 9.17) is 4.74 Å². The molecule has 0 aromatic heterocycles. The predicted molar refractivity (Wildman–Crippen MR) is 128 cm³/mol. The molecule has 0 bridgehead atoms. The fourth-order valence-corrected chi connectivity index (χ4v) is 4.91. The summed E-state index contributed by atoms with van der Waals surface area (Å²) in [6, 6.07) is 19.2. The van der Waals surface area contributed by atoms with E-state index in [1.54, 1.807) is 6.92 Å². The van der Waals surface area contributed by atoms with Crippen molar-refractivity contribution in [3.63, 3.8) is 0 Å². The van der Waals surface area contributed by atoms with Crippen molar-refractivity contribution < 1.29 is 9.53 Å². The zero-order valence-corrected chi connectivity index (χ0v) is 19.9. The molecule has 2 aromatic carbocycles. The first-order valence-electron chi connectivity index (χ1n) is 11.4. The molecule has 4 nitrogen and oxygen atoms in total. The Kier molecular flexibility index (Phi) is 7.42. The maximum absolute atomic E-state index is 12.5. The number of amides is 1. The molecule has 168 valence electrons. The standard InChI is InChI=1S/C27H38N2O2/c1-22(30)29(20-24-11-13-25(14-12-24)28(4)5)17-15-27(16-18-31-26(2,3)21-27)19-23-9-7-6-8-10-23/h6-14H,15-21H2,1-5H3/t27-/m1/s1. The van der Waals surface area contributed by atoms with Gasteiger partial charge in [-0.15, -0.1) is 0 Å². The number of nitrogens with zero attached hydrogens (tertiary/aromatic N) is 2. The lowest BCUT2D eigenvalue weighted by Gasteiger charge is -2.46. The van der Waals surface area contributed by atoms with E-state index in [1.165, 1.54) is 16.8 Å². The molecule has 0 saturated carbocycles. The second-order valence-corrected chi connectivity index (χ2v) is 9.95. The van der Waals surface area contributed by atoms with Crippen molar-refractivity contribution in [1.82, 2.24) is 4.90 Å². The van der Waals surface area contributed by atoms with Crippen LogP contribution in [0.1, 0.15) is 51.2 Å². The van der Waals surface area contributed by atoms with Crippen LogP contribution in [0.3, 0.4) is 0 Å². The number of carbonyl (C=O) groups is 1. The maximum atomic E-state index is 12.5. The highest BCUT2D eigenvalue weighted by atomic mass is 16.5. The van der Waals surface area contributed by atoms with Gasteiger partial charge in [0.2, 0.25) is 5.91 Å². The topological polar surface area (TPSA) is 32.8 Å². The van der Waals surface area contributed by atoms with Crippen LogP contribution in [0.15, 0.2) is 54.6 Å². The zero-order valence-electron chi connectivity index (χ0n) is 19.9. The van der Waals surface area contributed by atoms with Gasteiger partial charge in [0.15, 0.2) is 0 Å². The molecule has 3 rings (SSSR count). The average Bonchev–Trinajstić information content (AvgIpc) is 2.71. The summed E-state index contributed by atoms with van der Waals surface area (Å²) in [6.45, 7) is 8.29. The van der Waals surface area contributed by atoms with Gasteiger partial charge in [-0.2, -0.15) is 0 Å². The first kappa shape index (κ1) is 23.3. The molecule has 0 aliphatic carbocycles. The van der Waals surface area contributed by atoms with Crippen LogP contribution >= 0.6 is 0 Å². The highest BCUT2D eigenvalue weighted by Crippen LogP contribution is 2.44. The van der Waals surface area contributed by atoms with E-state index in [1.807, 2.05) is 19.0 Å². The van der Waals surface area contributed by atoms with E-state index in [0.29, 0.717) is 6.54 Å². The van der Waals surface area contributed by atoms with Gasteiger partial charge in [0.05, 0.1) is 5.60 Å². The Balaban J connectivity index is 1.73. The third-order valence-electron chi connectivity index (χ3n) is 6.53. The highest BCUT2D eigenvalue weighted by Gasteiger charge is 2.41. The van der Waals surface area contributed by atoms with Gasteiger partial charge in [0, 0.05) is 46.4 Å². The first-order chi connectivity index (χ1) is 14.7. The molecular formula is C27H38N2O2. The molecule has 1 aliphatic heterocycles. The van der Waals surface area contributed by atoms with E-state index >= 15 is 0 Å². The molecule has 1 saturated heterocycles. The van der Waals surface area contributed by atoms with Crippen LogP contribution in [-0.2, 0) is 22.5 Å². The lowest BCUT2D eigenvalue weighted by molar-refractivity contribution is -0.131. The Hall–Kier alpha value is -2.33. The molecule has 1 heterocycles. The van der Waals surface area contributed by atoms with E-state index < -0.39 is 0 Å². The van der Waals surface area contributed by atoms with Crippen LogP contribution in [0.25, 0.3) is 0 Å². The number of hydrogen-bond acceptors (Lipinski definition) is 3. The summed E-state index contributed by atoms with van der Waals surface area (Å²) < 4.78 is 6.05. The molecule has 31 heavy (non-hydrogen) atoms. The summed E-state index contributed by atoms with van der Waals surface area (Å²) in [5.74, 6) is 0.137. The summed E-state index contributed by atoms with van der Waals surface area (Å²) in [7, 11) is 4.08. The zero-order chi connectivity index (χ0) is 22.5. The smallest absolute Gasteiger partial charge is 0.219 e. The van der Waals surface area contributed by atoms with Crippen molar-refractivity contribution in [1.29, 1.82) is 0 Å². The van der Waals surface area contributed by atoms with E-state index in [9.17, 15) is 4.79 Å². The highest BCUT2D eigenvalue weighted by molar-refractivity contribution is 5.73. The minimum atomic E-state index is -0.129. The molecular weight excluding hydrogens is 384 g/mol. The second kappa shape index (κ2) is 9.86. The molecule has 1 amide bonds. The lowest BCUT2D eigenvalue weighted by atomic mass is 9.68. The van der Waals surface area contributed by atoms with Gasteiger partial charge in [0.25, 0.3) is 0 Å². The molecule has 4 heteroatoms. The summed E-state index contributed by atoms with van der Waals surface area (Å²) in [5, 5.41) is 0. The summed E-state index contributed by atoms with van der Waals surface area (Å²) in [6.07, 6.45) is 4.07. The van der Waals surface area contributed by atoms with Gasteiger partial charge < -0.3 is 14.5 Å². The van der Waals surface area contributed by atoms with Crippen molar-refractivity contribution in [2.45, 2.75) is 58.6 Å². The minimum Gasteiger partial charge on any atom is -0.378 e. The first-order valence-corrected chi connectivity index (χ1v) is 11.4. The normalized spacial score (nSPS) is 20.3. The van der Waals surface area contributed by atoms with Gasteiger partial charge in [-0.3, -0.25) is 4.79 Å². The molecule has 2 aromatic rings. The number of benzene rings is 2. The third-order valence-corrected chi connectivity index (χ3v) is 6.53. The number of hydrogen-bond donors (Lipinski definition) is 0. The molecule has 1 atom stereocenters. The number of carbonyl (C=O) groups excluding carboxylic acids is 1. The van der Waals surface area contributed by atoms with E-state index in [2.05, 4.69) is 73.3 Å². The fourth-order valence-electron chi connectivity index (χ4n) is 4.91. The van der Waals surface area contributed by atoms with Gasteiger partial charge in [-0.05, 0) is 68.2 Å². The fraction of sp³-hybridized carbons (Fsp3) is 0.519. The Morgan fingerprint density at radius 1 is 1.00 bits per heavy atom. The van der Waals surface area contributed by atoms with Gasteiger partial charge >= 0.3 is 0 Å². The van der Waals surface area contributed by atoms with E-state index in [-0.39, 0.29) is 16.9 Å². The van der Waals surface area contributed by atoms with Crippen molar-refractivity contribution in [2.24, 2.45) is 5.41 Å². The Morgan fingerprint density at radius 2 is 1.68 bits per heavy atom. The van der Waals surface area contributed by atoms with Crippen LogP contribution in [0.2, 0.25) is 0 Å². The van der Waals surface area contributed by atoms with Gasteiger partial charge in [-0.1, -0.05) is 42.5 Å². The number of ether oxygens (including phenoxy) is 1. The molecule has 0 spiro atoms. The molecule has 0 unspecified atom stereocenters. The number of anilines is 1. The molecule has 0 N–H and O–H groups in total. The predicted octanol–water partition coefficient (Wildman–Crippen LogP) is 5.31. The van der Waals surface area contributed by atoms with Crippen LogP contribution in [0, 0.1) is 5.41 Å². The molecule has 1 fully saturated rings. The molecule has 0 radical (unpaired) electrons. The van der Waals surface area contributed by atoms with Crippen molar-refractivity contribution in [3.8, 4) is 0 Å². The van der Waals surface area contributed by atoms with Gasteiger partial charge in [0.1, 0.15) is 0 Å². The summed E-state index contributed by atoms with van der Waals surface area (Å²) in [5.41, 5.74) is 3.73. The Bertz CT molecular complexity index is 845. The third kappa shape index (κ3) is 6.57.